The van der Waals surface area contributed by atoms with E-state index in [1.54, 1.807) is 0 Å². The maximum atomic E-state index is 4.33. The molecule has 1 aliphatic rings. The predicted octanol–water partition coefficient (Wildman–Crippen LogP) is 3.93. The lowest BCUT2D eigenvalue weighted by atomic mass is 9.78. The Morgan fingerprint density at radius 1 is 1.12 bits per heavy atom. The van der Waals surface area contributed by atoms with Gasteiger partial charge in [0.15, 0.2) is 5.96 Å². The van der Waals surface area contributed by atoms with Gasteiger partial charge < -0.3 is 10.6 Å². The van der Waals surface area contributed by atoms with E-state index in [1.807, 2.05) is 7.05 Å². The molecule has 1 aliphatic carbocycles. The lowest BCUT2D eigenvalue weighted by Crippen LogP contribution is -2.40. The molecule has 1 unspecified atom stereocenters. The molecule has 0 saturated heterocycles. The Morgan fingerprint density at radius 2 is 1.92 bits per heavy atom. The molecule has 2 aromatic rings. The minimum atomic E-state index is 0. The quantitative estimate of drug-likeness (QED) is 0.434. The topological polar surface area (TPSA) is 36.4 Å². The highest BCUT2D eigenvalue weighted by Gasteiger charge is 2.25. The summed E-state index contributed by atoms with van der Waals surface area (Å²) in [5.74, 6) is 1.47. The maximum Gasteiger partial charge on any atom is 0.191 e. The van der Waals surface area contributed by atoms with Crippen molar-refractivity contribution in [1.82, 2.24) is 10.6 Å². The van der Waals surface area contributed by atoms with Crippen LogP contribution in [0.15, 0.2) is 47.5 Å². The van der Waals surface area contributed by atoms with Crippen molar-refractivity contribution in [2.24, 2.45) is 4.99 Å². The van der Waals surface area contributed by atoms with Crippen LogP contribution in [0.4, 0.5) is 0 Å². The van der Waals surface area contributed by atoms with E-state index in [1.165, 1.54) is 27.8 Å². The lowest BCUT2D eigenvalue weighted by Gasteiger charge is -2.30. The van der Waals surface area contributed by atoms with Gasteiger partial charge in [0.1, 0.15) is 0 Å². The molecule has 1 atom stereocenters. The molecule has 24 heavy (non-hydrogen) atoms. The SMILES string of the molecule is CN=C(NCc1ccc(C)cc1C)NCC1Cc2ccccc21.I. The van der Waals surface area contributed by atoms with Gasteiger partial charge in [-0.05, 0) is 42.5 Å². The van der Waals surface area contributed by atoms with Crippen LogP contribution in [0.1, 0.15) is 33.7 Å². The molecule has 0 fully saturated rings. The number of aliphatic imine (C=N–C) groups is 1. The zero-order valence-corrected chi connectivity index (χ0v) is 16.9. The van der Waals surface area contributed by atoms with Crippen LogP contribution >= 0.6 is 24.0 Å². The normalized spacial score (nSPS) is 15.8. The fourth-order valence-electron chi connectivity index (χ4n) is 3.21. The number of hydrogen-bond donors (Lipinski definition) is 2. The third kappa shape index (κ3) is 4.29. The Labute approximate surface area is 162 Å². The van der Waals surface area contributed by atoms with Crippen LogP contribution in [-0.4, -0.2) is 19.6 Å². The highest BCUT2D eigenvalue weighted by Crippen LogP contribution is 2.33. The number of rotatable bonds is 4. The fraction of sp³-hybridized carbons (Fsp3) is 0.350. The fourth-order valence-corrected chi connectivity index (χ4v) is 3.21. The van der Waals surface area contributed by atoms with Crippen molar-refractivity contribution in [3.8, 4) is 0 Å². The summed E-state index contributed by atoms with van der Waals surface area (Å²) in [5, 5.41) is 6.86. The second-order valence-corrected chi connectivity index (χ2v) is 6.34. The third-order valence-corrected chi connectivity index (χ3v) is 4.65. The summed E-state index contributed by atoms with van der Waals surface area (Å²) in [5.41, 5.74) is 6.90. The molecule has 0 aliphatic heterocycles. The first-order valence-electron chi connectivity index (χ1n) is 8.26. The number of guanidine groups is 1. The van der Waals surface area contributed by atoms with Gasteiger partial charge in [0.25, 0.3) is 0 Å². The van der Waals surface area contributed by atoms with Gasteiger partial charge in [-0.25, -0.2) is 0 Å². The number of fused-ring (bicyclic) bond motifs is 1. The Morgan fingerprint density at radius 3 is 2.62 bits per heavy atom. The Bertz CT molecular complexity index is 725. The zero-order chi connectivity index (χ0) is 16.2. The van der Waals surface area contributed by atoms with E-state index < -0.39 is 0 Å². The first-order valence-corrected chi connectivity index (χ1v) is 8.26. The van der Waals surface area contributed by atoms with E-state index in [-0.39, 0.29) is 24.0 Å². The van der Waals surface area contributed by atoms with E-state index in [0.717, 1.165) is 25.5 Å². The monoisotopic (exact) mass is 435 g/mol. The average molecular weight is 435 g/mol. The van der Waals surface area contributed by atoms with Crippen molar-refractivity contribution in [2.45, 2.75) is 32.7 Å². The van der Waals surface area contributed by atoms with Crippen LogP contribution in [0, 0.1) is 13.8 Å². The third-order valence-electron chi connectivity index (χ3n) is 4.65. The first kappa shape index (κ1) is 18.8. The van der Waals surface area contributed by atoms with Crippen LogP contribution in [0.2, 0.25) is 0 Å². The van der Waals surface area contributed by atoms with E-state index >= 15 is 0 Å². The number of nitrogens with zero attached hydrogens (tertiary/aromatic N) is 1. The molecule has 0 saturated carbocycles. The summed E-state index contributed by atoms with van der Waals surface area (Å²) >= 11 is 0. The van der Waals surface area contributed by atoms with Crippen molar-refractivity contribution in [1.29, 1.82) is 0 Å². The summed E-state index contributed by atoms with van der Waals surface area (Å²) in [6.45, 7) is 6.02. The largest absolute Gasteiger partial charge is 0.356 e. The summed E-state index contributed by atoms with van der Waals surface area (Å²) in [6.07, 6.45) is 1.16. The van der Waals surface area contributed by atoms with Gasteiger partial charge in [-0.2, -0.15) is 0 Å². The van der Waals surface area contributed by atoms with E-state index in [4.69, 9.17) is 0 Å². The van der Waals surface area contributed by atoms with E-state index in [0.29, 0.717) is 5.92 Å². The molecule has 2 N–H and O–H groups in total. The number of halogens is 1. The smallest absolute Gasteiger partial charge is 0.191 e. The van der Waals surface area contributed by atoms with Crippen molar-refractivity contribution >= 4 is 29.9 Å². The van der Waals surface area contributed by atoms with Gasteiger partial charge in [0.05, 0.1) is 0 Å². The van der Waals surface area contributed by atoms with Gasteiger partial charge in [-0.3, -0.25) is 4.99 Å². The summed E-state index contributed by atoms with van der Waals surface area (Å²) in [4.78, 5) is 4.33. The lowest BCUT2D eigenvalue weighted by molar-refractivity contribution is 0.584. The molecule has 0 heterocycles. The minimum Gasteiger partial charge on any atom is -0.356 e. The van der Waals surface area contributed by atoms with Gasteiger partial charge in [0, 0.05) is 26.1 Å². The molecule has 4 heteroatoms. The van der Waals surface area contributed by atoms with Crippen molar-refractivity contribution in [2.75, 3.05) is 13.6 Å². The first-order chi connectivity index (χ1) is 11.2. The van der Waals surface area contributed by atoms with Crippen LogP contribution in [-0.2, 0) is 13.0 Å². The molecule has 3 nitrogen and oxygen atoms in total. The maximum absolute atomic E-state index is 4.33. The Hall–Kier alpha value is -1.56. The average Bonchev–Trinajstić information content (AvgIpc) is 2.52. The molecule has 0 amide bonds. The zero-order valence-electron chi connectivity index (χ0n) is 14.6. The van der Waals surface area contributed by atoms with Crippen molar-refractivity contribution < 1.29 is 0 Å². The summed E-state index contributed by atoms with van der Waals surface area (Å²) in [6, 6.07) is 15.3. The standard InChI is InChI=1S/C20H25N3.HI/c1-14-8-9-17(15(2)10-14)12-22-20(21-3)23-13-18-11-16-6-4-5-7-19(16)18;/h4-10,18H,11-13H2,1-3H3,(H2,21,22,23);1H. The highest BCUT2D eigenvalue weighted by atomic mass is 127. The number of benzene rings is 2. The molecule has 0 spiro atoms. The van der Waals surface area contributed by atoms with Crippen LogP contribution in [0.3, 0.4) is 0 Å². The second kappa shape index (κ2) is 8.51. The van der Waals surface area contributed by atoms with Gasteiger partial charge in [-0.1, -0.05) is 48.0 Å². The van der Waals surface area contributed by atoms with Crippen LogP contribution in [0.25, 0.3) is 0 Å². The molecule has 0 bridgehead atoms. The van der Waals surface area contributed by atoms with Crippen LogP contribution in [0.5, 0.6) is 0 Å². The number of nitrogens with one attached hydrogen (secondary N) is 2. The number of hydrogen-bond acceptors (Lipinski definition) is 1. The predicted molar refractivity (Wildman–Crippen MR) is 112 cm³/mol. The molecule has 128 valence electrons. The Kier molecular flexibility index (Phi) is 6.66. The molecular weight excluding hydrogens is 409 g/mol. The second-order valence-electron chi connectivity index (χ2n) is 6.34. The van der Waals surface area contributed by atoms with E-state index in [2.05, 4.69) is 71.9 Å². The molecule has 0 aromatic heterocycles. The molecule has 0 radical (unpaired) electrons. The summed E-state index contributed by atoms with van der Waals surface area (Å²) < 4.78 is 0. The minimum absolute atomic E-state index is 0. The van der Waals surface area contributed by atoms with Crippen LogP contribution < -0.4 is 10.6 Å². The van der Waals surface area contributed by atoms with Gasteiger partial charge in [0.2, 0.25) is 0 Å². The number of aryl methyl sites for hydroxylation is 2. The molecule has 2 aromatic carbocycles. The summed E-state index contributed by atoms with van der Waals surface area (Å²) in [7, 11) is 1.83. The van der Waals surface area contributed by atoms with Gasteiger partial charge in [-0.15, -0.1) is 24.0 Å². The molecule has 3 rings (SSSR count). The Balaban J connectivity index is 0.00000208. The molecular formula is C20H26IN3. The van der Waals surface area contributed by atoms with E-state index in [9.17, 15) is 0 Å². The highest BCUT2D eigenvalue weighted by molar-refractivity contribution is 14.0. The van der Waals surface area contributed by atoms with Gasteiger partial charge >= 0.3 is 0 Å². The van der Waals surface area contributed by atoms with Crippen molar-refractivity contribution in [3.05, 3.63) is 70.3 Å². The van der Waals surface area contributed by atoms with Crippen molar-refractivity contribution in [3.63, 3.8) is 0 Å².